The van der Waals surface area contributed by atoms with Crippen LogP contribution in [0.5, 0.6) is 0 Å². The average molecular weight is 214 g/mol. The van der Waals surface area contributed by atoms with E-state index in [1.54, 1.807) is 19.2 Å². The first-order valence-corrected chi connectivity index (χ1v) is 5.20. The van der Waals surface area contributed by atoms with Crippen LogP contribution in [0.25, 0.3) is 0 Å². The van der Waals surface area contributed by atoms with Gasteiger partial charge in [-0.25, -0.2) is 0 Å². The molecule has 0 aliphatic rings. The summed E-state index contributed by atoms with van der Waals surface area (Å²) in [6, 6.07) is 3.60. The highest BCUT2D eigenvalue weighted by Gasteiger charge is 2.24. The van der Waals surface area contributed by atoms with Gasteiger partial charge in [-0.2, -0.15) is 0 Å². The monoisotopic (exact) mass is 213 g/mol. The Labute approximate surface area is 89.9 Å². The molecule has 1 N–H and O–H groups in total. The van der Waals surface area contributed by atoms with Gasteiger partial charge in [-0.15, -0.1) is 0 Å². The zero-order valence-corrected chi connectivity index (χ0v) is 9.49. The Balaban J connectivity index is 3.05. The van der Waals surface area contributed by atoms with Crippen molar-refractivity contribution in [2.75, 3.05) is 0 Å². The van der Waals surface area contributed by atoms with E-state index in [-0.39, 0.29) is 5.92 Å². The zero-order chi connectivity index (χ0) is 10.7. The highest BCUT2D eigenvalue weighted by Crippen LogP contribution is 2.30. The number of hydrogen-bond acceptors (Lipinski definition) is 2. The lowest BCUT2D eigenvalue weighted by molar-refractivity contribution is 0.138. The van der Waals surface area contributed by atoms with E-state index in [0.29, 0.717) is 10.9 Å². The van der Waals surface area contributed by atoms with E-state index in [1.807, 2.05) is 6.07 Å². The number of hydrogen-bond donors (Lipinski definition) is 1. The molecule has 0 fully saturated rings. The summed E-state index contributed by atoms with van der Waals surface area (Å²) in [6.45, 7) is 5.89. The van der Waals surface area contributed by atoms with E-state index in [9.17, 15) is 5.11 Å². The molecule has 3 heteroatoms. The lowest BCUT2D eigenvalue weighted by atomic mass is 9.87. The first-order chi connectivity index (χ1) is 6.54. The molecule has 1 rings (SSSR count). The first kappa shape index (κ1) is 11.5. The SMILES string of the molecule is CC(C)C(c1ncccc1Cl)C(C)O. The predicted octanol–water partition coefficient (Wildman–Crippen LogP) is 2.86. The maximum Gasteiger partial charge on any atom is 0.0648 e. The van der Waals surface area contributed by atoms with Crippen LogP contribution < -0.4 is 0 Å². The molecule has 2 atom stereocenters. The molecular weight excluding hydrogens is 198 g/mol. The Bertz CT molecular complexity index is 291. The van der Waals surface area contributed by atoms with E-state index in [4.69, 9.17) is 11.6 Å². The second-order valence-corrected chi connectivity index (χ2v) is 4.29. The van der Waals surface area contributed by atoms with Gasteiger partial charge in [0.05, 0.1) is 16.8 Å². The third-order valence-corrected chi connectivity index (χ3v) is 2.66. The Morgan fingerprint density at radius 3 is 2.43 bits per heavy atom. The number of rotatable bonds is 3. The van der Waals surface area contributed by atoms with E-state index in [2.05, 4.69) is 18.8 Å². The largest absolute Gasteiger partial charge is 0.393 e. The number of halogens is 1. The van der Waals surface area contributed by atoms with Crippen molar-refractivity contribution in [1.82, 2.24) is 4.98 Å². The number of pyridine rings is 1. The molecule has 14 heavy (non-hydrogen) atoms. The number of aliphatic hydroxyl groups is 1. The minimum absolute atomic E-state index is 0.00343. The van der Waals surface area contributed by atoms with Gasteiger partial charge in [-0.1, -0.05) is 25.4 Å². The van der Waals surface area contributed by atoms with Gasteiger partial charge in [0.15, 0.2) is 0 Å². The van der Waals surface area contributed by atoms with Crippen LogP contribution in [0.15, 0.2) is 18.3 Å². The van der Waals surface area contributed by atoms with Gasteiger partial charge >= 0.3 is 0 Å². The van der Waals surface area contributed by atoms with Gasteiger partial charge in [0.25, 0.3) is 0 Å². The van der Waals surface area contributed by atoms with Crippen molar-refractivity contribution in [1.29, 1.82) is 0 Å². The molecule has 0 amide bonds. The third kappa shape index (κ3) is 2.46. The van der Waals surface area contributed by atoms with Gasteiger partial charge in [0.2, 0.25) is 0 Å². The molecule has 1 heterocycles. The second kappa shape index (κ2) is 4.76. The smallest absolute Gasteiger partial charge is 0.0648 e. The van der Waals surface area contributed by atoms with Gasteiger partial charge in [0, 0.05) is 12.1 Å². The highest BCUT2D eigenvalue weighted by atomic mass is 35.5. The number of nitrogens with zero attached hydrogens (tertiary/aromatic N) is 1. The topological polar surface area (TPSA) is 33.1 Å². The lowest BCUT2D eigenvalue weighted by Gasteiger charge is -2.23. The molecule has 0 aliphatic carbocycles. The van der Waals surface area contributed by atoms with E-state index in [0.717, 1.165) is 5.69 Å². The minimum Gasteiger partial charge on any atom is -0.393 e. The fourth-order valence-electron chi connectivity index (χ4n) is 1.74. The lowest BCUT2D eigenvalue weighted by Crippen LogP contribution is -2.21. The number of aliphatic hydroxyl groups excluding tert-OH is 1. The van der Waals surface area contributed by atoms with Crippen LogP contribution in [0.4, 0.5) is 0 Å². The van der Waals surface area contributed by atoms with Crippen LogP contribution >= 0.6 is 11.6 Å². The van der Waals surface area contributed by atoms with Crippen LogP contribution in [-0.4, -0.2) is 16.2 Å². The predicted molar refractivity (Wildman–Crippen MR) is 58.5 cm³/mol. The summed E-state index contributed by atoms with van der Waals surface area (Å²) in [6.07, 6.45) is 1.28. The van der Waals surface area contributed by atoms with Crippen molar-refractivity contribution in [2.45, 2.75) is 32.8 Å². The molecule has 0 saturated carbocycles. The van der Waals surface area contributed by atoms with Gasteiger partial charge in [0.1, 0.15) is 0 Å². The summed E-state index contributed by atoms with van der Waals surface area (Å²) in [5.41, 5.74) is 0.791. The average Bonchev–Trinajstić information content (AvgIpc) is 2.07. The molecule has 0 saturated heterocycles. The molecule has 2 nitrogen and oxygen atoms in total. The maximum absolute atomic E-state index is 9.66. The second-order valence-electron chi connectivity index (χ2n) is 3.88. The zero-order valence-electron chi connectivity index (χ0n) is 8.74. The summed E-state index contributed by atoms with van der Waals surface area (Å²) >= 11 is 6.03. The third-order valence-electron chi connectivity index (χ3n) is 2.34. The Morgan fingerprint density at radius 2 is 2.00 bits per heavy atom. The molecule has 0 aliphatic heterocycles. The van der Waals surface area contributed by atoms with Crippen molar-refractivity contribution in [3.8, 4) is 0 Å². The Kier molecular flexibility index (Phi) is 3.90. The van der Waals surface area contributed by atoms with E-state index < -0.39 is 6.10 Å². The van der Waals surface area contributed by atoms with Crippen molar-refractivity contribution >= 4 is 11.6 Å². The maximum atomic E-state index is 9.66. The van der Waals surface area contributed by atoms with Gasteiger partial charge in [-0.3, -0.25) is 4.98 Å². The molecule has 0 radical (unpaired) electrons. The van der Waals surface area contributed by atoms with Crippen molar-refractivity contribution in [3.05, 3.63) is 29.0 Å². The first-order valence-electron chi connectivity index (χ1n) is 4.82. The van der Waals surface area contributed by atoms with Gasteiger partial charge in [-0.05, 0) is 25.0 Å². The van der Waals surface area contributed by atoms with Crippen LogP contribution in [0, 0.1) is 5.92 Å². The fourth-order valence-corrected chi connectivity index (χ4v) is 1.99. The van der Waals surface area contributed by atoms with Crippen molar-refractivity contribution in [2.24, 2.45) is 5.92 Å². The van der Waals surface area contributed by atoms with Crippen LogP contribution in [0.2, 0.25) is 5.02 Å². The van der Waals surface area contributed by atoms with Crippen molar-refractivity contribution < 1.29 is 5.11 Å². The number of aromatic nitrogens is 1. The highest BCUT2D eigenvalue weighted by molar-refractivity contribution is 6.31. The van der Waals surface area contributed by atoms with Crippen LogP contribution in [0.1, 0.15) is 32.4 Å². The molecule has 2 unspecified atom stereocenters. The molecule has 0 aromatic carbocycles. The molecule has 1 aromatic rings. The van der Waals surface area contributed by atoms with Gasteiger partial charge < -0.3 is 5.11 Å². The summed E-state index contributed by atoms with van der Waals surface area (Å²) in [7, 11) is 0. The Hall–Kier alpha value is -0.600. The quantitative estimate of drug-likeness (QED) is 0.838. The van der Waals surface area contributed by atoms with Crippen LogP contribution in [-0.2, 0) is 0 Å². The molecule has 1 aromatic heterocycles. The summed E-state index contributed by atoms with van der Waals surface area (Å²) in [5, 5.41) is 10.3. The molecule has 78 valence electrons. The standard InChI is InChI=1S/C11H16ClNO/c1-7(2)10(8(3)14)11-9(12)5-4-6-13-11/h4-8,10,14H,1-3H3. The normalized spacial score (nSPS) is 15.6. The van der Waals surface area contributed by atoms with Crippen molar-refractivity contribution in [3.63, 3.8) is 0 Å². The summed E-state index contributed by atoms with van der Waals surface area (Å²) < 4.78 is 0. The fraction of sp³-hybridized carbons (Fsp3) is 0.545. The van der Waals surface area contributed by atoms with Crippen LogP contribution in [0.3, 0.4) is 0 Å². The molecular formula is C11H16ClNO. The molecule has 0 spiro atoms. The molecule has 0 bridgehead atoms. The van der Waals surface area contributed by atoms with E-state index in [1.165, 1.54) is 0 Å². The Morgan fingerprint density at radius 1 is 1.36 bits per heavy atom. The van der Waals surface area contributed by atoms with E-state index >= 15 is 0 Å². The summed E-state index contributed by atoms with van der Waals surface area (Å²) in [4.78, 5) is 4.23. The minimum atomic E-state index is -0.428. The summed E-state index contributed by atoms with van der Waals surface area (Å²) in [5.74, 6) is 0.325.